The van der Waals surface area contributed by atoms with Gasteiger partial charge in [-0.1, -0.05) is 0 Å². The van der Waals surface area contributed by atoms with Gasteiger partial charge in [0.05, 0.1) is 18.1 Å². The van der Waals surface area contributed by atoms with Gasteiger partial charge in [-0.3, -0.25) is 10.1 Å². The third kappa shape index (κ3) is 4.67. The number of hydrogen-bond donors (Lipinski definition) is 2. The molecule has 0 radical (unpaired) electrons. The topological polar surface area (TPSA) is 84.6 Å². The molecular formula is C11H13F3N2O4. The van der Waals surface area contributed by atoms with Crippen molar-refractivity contribution >= 4 is 5.69 Å². The maximum absolute atomic E-state index is 12.1. The minimum absolute atomic E-state index is 0.0643. The third-order valence-electron chi connectivity index (χ3n) is 2.44. The lowest BCUT2D eigenvalue weighted by molar-refractivity contribution is -0.385. The Hall–Kier alpha value is -1.87. The van der Waals surface area contributed by atoms with Crippen LogP contribution in [0.2, 0.25) is 0 Å². The Morgan fingerprint density at radius 3 is 2.60 bits per heavy atom. The Morgan fingerprint density at radius 2 is 2.10 bits per heavy atom. The zero-order chi connectivity index (χ0) is 15.3. The Bertz CT molecular complexity index is 479. The summed E-state index contributed by atoms with van der Waals surface area (Å²) in [4.78, 5) is 10.0. The van der Waals surface area contributed by atoms with E-state index in [1.54, 1.807) is 0 Å². The summed E-state index contributed by atoms with van der Waals surface area (Å²) in [6.45, 7) is -0.764. The summed E-state index contributed by atoms with van der Waals surface area (Å²) < 4.78 is 41.1. The van der Waals surface area contributed by atoms with Crippen molar-refractivity contribution in [2.45, 2.75) is 18.8 Å². The highest BCUT2D eigenvalue weighted by Crippen LogP contribution is 2.23. The highest BCUT2D eigenvalue weighted by Gasteiger charge is 2.37. The SMILES string of the molecule is COc1cc(CNCC(O)C(F)(F)F)cc([N+](=O)[O-])c1. The quantitative estimate of drug-likeness (QED) is 0.615. The molecule has 0 spiro atoms. The van der Waals surface area contributed by atoms with E-state index >= 15 is 0 Å². The Labute approximate surface area is 112 Å². The number of ether oxygens (including phenoxy) is 1. The number of nitro groups is 1. The number of halogens is 3. The molecule has 9 heteroatoms. The van der Waals surface area contributed by atoms with E-state index in [1.807, 2.05) is 0 Å². The zero-order valence-electron chi connectivity index (χ0n) is 10.5. The van der Waals surface area contributed by atoms with Crippen LogP contribution in [-0.2, 0) is 6.54 Å². The lowest BCUT2D eigenvalue weighted by Crippen LogP contribution is -2.38. The molecule has 0 saturated heterocycles. The lowest BCUT2D eigenvalue weighted by Gasteiger charge is -2.15. The van der Waals surface area contributed by atoms with Crippen LogP contribution in [0.4, 0.5) is 18.9 Å². The van der Waals surface area contributed by atoms with Gasteiger partial charge in [-0.15, -0.1) is 0 Å². The number of nitrogens with zero attached hydrogens (tertiary/aromatic N) is 1. The number of nitrogens with one attached hydrogen (secondary N) is 1. The summed E-state index contributed by atoms with van der Waals surface area (Å²) in [7, 11) is 1.32. The van der Waals surface area contributed by atoms with Crippen LogP contribution in [0.25, 0.3) is 0 Å². The first-order chi connectivity index (χ1) is 9.24. The van der Waals surface area contributed by atoms with Crippen LogP contribution in [0.1, 0.15) is 5.56 Å². The Balaban J connectivity index is 2.68. The lowest BCUT2D eigenvalue weighted by atomic mass is 10.2. The normalized spacial score (nSPS) is 13.1. The first-order valence-corrected chi connectivity index (χ1v) is 5.52. The average molecular weight is 294 g/mol. The van der Waals surface area contributed by atoms with Gasteiger partial charge in [-0.2, -0.15) is 13.2 Å². The van der Waals surface area contributed by atoms with Crippen molar-refractivity contribution in [3.63, 3.8) is 0 Å². The van der Waals surface area contributed by atoms with Crippen molar-refractivity contribution in [2.75, 3.05) is 13.7 Å². The van der Waals surface area contributed by atoms with E-state index < -0.39 is 23.7 Å². The van der Waals surface area contributed by atoms with Gasteiger partial charge in [0.15, 0.2) is 6.10 Å². The van der Waals surface area contributed by atoms with Crippen molar-refractivity contribution in [3.05, 3.63) is 33.9 Å². The van der Waals surface area contributed by atoms with E-state index in [1.165, 1.54) is 25.3 Å². The first kappa shape index (κ1) is 16.2. The van der Waals surface area contributed by atoms with Gasteiger partial charge in [-0.05, 0) is 11.6 Å². The monoisotopic (exact) mass is 294 g/mol. The van der Waals surface area contributed by atoms with Gasteiger partial charge in [0.25, 0.3) is 5.69 Å². The van der Waals surface area contributed by atoms with E-state index in [9.17, 15) is 23.3 Å². The summed E-state index contributed by atoms with van der Waals surface area (Å²) in [6.07, 6.45) is -7.18. The molecule has 20 heavy (non-hydrogen) atoms. The number of non-ortho nitro benzene ring substituents is 1. The van der Waals surface area contributed by atoms with Crippen molar-refractivity contribution < 1.29 is 27.9 Å². The maximum atomic E-state index is 12.1. The molecule has 1 aromatic carbocycles. The fourth-order valence-corrected chi connectivity index (χ4v) is 1.44. The third-order valence-corrected chi connectivity index (χ3v) is 2.44. The first-order valence-electron chi connectivity index (χ1n) is 5.52. The second-order valence-electron chi connectivity index (χ2n) is 3.98. The largest absolute Gasteiger partial charge is 0.496 e. The van der Waals surface area contributed by atoms with Crippen LogP contribution < -0.4 is 10.1 Å². The van der Waals surface area contributed by atoms with Crippen molar-refractivity contribution in [1.29, 1.82) is 0 Å². The van der Waals surface area contributed by atoms with Crippen LogP contribution in [0, 0.1) is 10.1 Å². The molecule has 0 saturated carbocycles. The number of hydrogen-bond acceptors (Lipinski definition) is 5. The molecule has 2 N–H and O–H groups in total. The highest BCUT2D eigenvalue weighted by atomic mass is 19.4. The summed E-state index contributed by atoms with van der Waals surface area (Å²) in [5, 5.41) is 21.8. The van der Waals surface area contributed by atoms with Crippen LogP contribution >= 0.6 is 0 Å². The summed E-state index contributed by atoms with van der Waals surface area (Å²) in [5.74, 6) is 0.229. The van der Waals surface area contributed by atoms with Gasteiger partial charge in [-0.25, -0.2) is 0 Å². The minimum atomic E-state index is -4.70. The Morgan fingerprint density at radius 1 is 1.45 bits per heavy atom. The van der Waals surface area contributed by atoms with E-state index in [2.05, 4.69) is 5.32 Å². The fourth-order valence-electron chi connectivity index (χ4n) is 1.44. The van der Waals surface area contributed by atoms with E-state index in [-0.39, 0.29) is 18.0 Å². The molecule has 0 aromatic heterocycles. The van der Waals surface area contributed by atoms with Crippen LogP contribution in [0.3, 0.4) is 0 Å². The minimum Gasteiger partial charge on any atom is -0.496 e. The van der Waals surface area contributed by atoms with Gasteiger partial charge in [0.1, 0.15) is 5.75 Å². The van der Waals surface area contributed by atoms with Crippen molar-refractivity contribution in [2.24, 2.45) is 0 Å². The molecule has 1 unspecified atom stereocenters. The predicted molar refractivity (Wildman–Crippen MR) is 63.4 cm³/mol. The average Bonchev–Trinajstić information content (AvgIpc) is 2.37. The number of aliphatic hydroxyl groups is 1. The molecule has 0 aliphatic heterocycles. The van der Waals surface area contributed by atoms with Gasteiger partial charge >= 0.3 is 6.18 Å². The van der Waals surface area contributed by atoms with Crippen LogP contribution in [0.5, 0.6) is 5.75 Å². The number of nitro benzene ring substituents is 1. The number of rotatable bonds is 6. The molecule has 6 nitrogen and oxygen atoms in total. The number of benzene rings is 1. The number of alkyl halides is 3. The standard InChI is InChI=1S/C11H13F3N2O4/c1-20-9-3-7(2-8(4-9)16(18)19)5-15-6-10(17)11(12,13)14/h2-4,10,15,17H,5-6H2,1H3. The molecule has 1 atom stereocenters. The van der Waals surface area contributed by atoms with Gasteiger partial charge in [0.2, 0.25) is 0 Å². The highest BCUT2D eigenvalue weighted by molar-refractivity contribution is 5.42. The summed E-state index contributed by atoms with van der Waals surface area (Å²) >= 11 is 0. The molecule has 0 fully saturated rings. The molecule has 0 aliphatic rings. The number of methoxy groups -OCH3 is 1. The van der Waals surface area contributed by atoms with Crippen LogP contribution in [-0.4, -0.2) is 36.0 Å². The molecule has 112 valence electrons. The van der Waals surface area contributed by atoms with E-state index in [4.69, 9.17) is 9.84 Å². The molecule has 0 amide bonds. The Kier molecular flexibility index (Phi) is 5.28. The predicted octanol–water partition coefficient (Wildman–Crippen LogP) is 1.62. The number of aliphatic hydroxyl groups excluding tert-OH is 1. The summed E-state index contributed by atoms with van der Waals surface area (Å²) in [6, 6.07) is 3.88. The van der Waals surface area contributed by atoms with Crippen molar-refractivity contribution in [1.82, 2.24) is 5.32 Å². The molecule has 0 aliphatic carbocycles. The smallest absolute Gasteiger partial charge is 0.415 e. The second kappa shape index (κ2) is 6.53. The second-order valence-corrected chi connectivity index (χ2v) is 3.98. The molecule has 1 aromatic rings. The molecule has 0 bridgehead atoms. The summed E-state index contributed by atoms with van der Waals surface area (Å²) in [5.41, 5.74) is 0.156. The van der Waals surface area contributed by atoms with Gasteiger partial charge in [0, 0.05) is 19.2 Å². The molecule has 0 heterocycles. The van der Waals surface area contributed by atoms with Gasteiger partial charge < -0.3 is 15.2 Å². The zero-order valence-corrected chi connectivity index (χ0v) is 10.5. The maximum Gasteiger partial charge on any atom is 0.415 e. The van der Waals surface area contributed by atoms with E-state index in [0.717, 1.165) is 0 Å². The fraction of sp³-hybridized carbons (Fsp3) is 0.455. The molecule has 1 rings (SSSR count). The molecular weight excluding hydrogens is 281 g/mol. The van der Waals surface area contributed by atoms with Crippen molar-refractivity contribution in [3.8, 4) is 5.75 Å². The van der Waals surface area contributed by atoms with E-state index in [0.29, 0.717) is 5.56 Å². The van der Waals surface area contributed by atoms with Crippen LogP contribution in [0.15, 0.2) is 18.2 Å².